The second-order valence-electron chi connectivity index (χ2n) is 3.51. The summed E-state index contributed by atoms with van der Waals surface area (Å²) in [6.07, 6.45) is 0. The SMILES string of the molecule is Cc1ccc(F)c(SCc2ccccc2)n1. The van der Waals surface area contributed by atoms with Crippen molar-refractivity contribution in [3.05, 3.63) is 59.5 Å². The number of benzene rings is 1. The summed E-state index contributed by atoms with van der Waals surface area (Å²) in [5.41, 5.74) is 2.02. The van der Waals surface area contributed by atoms with Crippen LogP contribution in [0.1, 0.15) is 11.3 Å². The van der Waals surface area contributed by atoms with Gasteiger partial charge in [0, 0.05) is 11.4 Å². The number of hydrogen-bond acceptors (Lipinski definition) is 2. The molecule has 0 N–H and O–H groups in total. The van der Waals surface area contributed by atoms with Crippen LogP contribution in [-0.2, 0) is 5.75 Å². The Morgan fingerprint density at radius 1 is 1.12 bits per heavy atom. The van der Waals surface area contributed by atoms with Gasteiger partial charge in [0.2, 0.25) is 0 Å². The highest BCUT2D eigenvalue weighted by atomic mass is 32.2. The summed E-state index contributed by atoms with van der Waals surface area (Å²) < 4.78 is 13.4. The topological polar surface area (TPSA) is 12.9 Å². The number of thioether (sulfide) groups is 1. The predicted molar refractivity (Wildman–Crippen MR) is 64.9 cm³/mol. The Kier molecular flexibility index (Phi) is 3.57. The number of aromatic nitrogens is 1. The minimum Gasteiger partial charge on any atom is -0.244 e. The van der Waals surface area contributed by atoms with Crippen LogP contribution in [0.5, 0.6) is 0 Å². The molecule has 1 heterocycles. The van der Waals surface area contributed by atoms with Crippen molar-refractivity contribution in [2.24, 2.45) is 0 Å². The molecule has 82 valence electrons. The highest BCUT2D eigenvalue weighted by molar-refractivity contribution is 7.98. The third kappa shape index (κ3) is 2.83. The molecule has 0 saturated carbocycles. The lowest BCUT2D eigenvalue weighted by atomic mass is 10.2. The third-order valence-electron chi connectivity index (χ3n) is 2.17. The van der Waals surface area contributed by atoms with Gasteiger partial charge in [-0.2, -0.15) is 0 Å². The molecule has 0 radical (unpaired) electrons. The van der Waals surface area contributed by atoms with Gasteiger partial charge in [-0.05, 0) is 24.6 Å². The molecule has 1 aromatic heterocycles. The van der Waals surface area contributed by atoms with E-state index in [1.807, 2.05) is 37.3 Å². The first-order valence-corrected chi connectivity index (χ1v) is 6.04. The lowest BCUT2D eigenvalue weighted by Gasteiger charge is -2.03. The Balaban J connectivity index is 2.08. The lowest BCUT2D eigenvalue weighted by Crippen LogP contribution is -1.90. The fourth-order valence-corrected chi connectivity index (χ4v) is 2.25. The second-order valence-corrected chi connectivity index (χ2v) is 4.48. The molecule has 0 aliphatic heterocycles. The zero-order valence-corrected chi connectivity index (χ0v) is 9.80. The molecule has 0 aliphatic rings. The van der Waals surface area contributed by atoms with Gasteiger partial charge in [0.05, 0.1) is 0 Å². The van der Waals surface area contributed by atoms with Crippen molar-refractivity contribution in [2.75, 3.05) is 0 Å². The van der Waals surface area contributed by atoms with Crippen LogP contribution in [0, 0.1) is 12.7 Å². The van der Waals surface area contributed by atoms with Crippen LogP contribution in [0.15, 0.2) is 47.5 Å². The lowest BCUT2D eigenvalue weighted by molar-refractivity contribution is 0.586. The smallest absolute Gasteiger partial charge is 0.155 e. The van der Waals surface area contributed by atoms with Gasteiger partial charge >= 0.3 is 0 Å². The zero-order chi connectivity index (χ0) is 11.4. The molecule has 0 spiro atoms. The van der Waals surface area contributed by atoms with E-state index in [2.05, 4.69) is 4.98 Å². The highest BCUT2D eigenvalue weighted by Gasteiger charge is 2.04. The molecule has 2 rings (SSSR count). The van der Waals surface area contributed by atoms with Crippen LogP contribution in [0.25, 0.3) is 0 Å². The van der Waals surface area contributed by atoms with Gasteiger partial charge in [-0.25, -0.2) is 9.37 Å². The number of rotatable bonds is 3. The standard InChI is InChI=1S/C13H12FNS/c1-10-7-8-12(14)13(15-10)16-9-11-5-3-2-4-6-11/h2-8H,9H2,1H3. The van der Waals surface area contributed by atoms with E-state index in [0.29, 0.717) is 5.03 Å². The van der Waals surface area contributed by atoms with Crippen molar-refractivity contribution in [3.8, 4) is 0 Å². The van der Waals surface area contributed by atoms with Gasteiger partial charge < -0.3 is 0 Å². The average Bonchev–Trinajstić information content (AvgIpc) is 2.32. The van der Waals surface area contributed by atoms with Crippen molar-refractivity contribution in [1.29, 1.82) is 0 Å². The van der Waals surface area contributed by atoms with Gasteiger partial charge in [-0.15, -0.1) is 0 Å². The molecule has 0 unspecified atom stereocenters. The second kappa shape index (κ2) is 5.12. The van der Waals surface area contributed by atoms with Crippen LogP contribution < -0.4 is 0 Å². The maximum Gasteiger partial charge on any atom is 0.155 e. The van der Waals surface area contributed by atoms with E-state index in [9.17, 15) is 4.39 Å². The molecule has 0 fully saturated rings. The maximum absolute atomic E-state index is 13.4. The first-order valence-electron chi connectivity index (χ1n) is 5.05. The van der Waals surface area contributed by atoms with E-state index in [0.717, 1.165) is 11.4 Å². The number of halogens is 1. The number of hydrogen-bond donors (Lipinski definition) is 0. The molecule has 3 heteroatoms. The average molecular weight is 233 g/mol. The van der Waals surface area contributed by atoms with Gasteiger partial charge in [-0.3, -0.25) is 0 Å². The number of aryl methyl sites for hydroxylation is 1. The molecule has 1 aromatic carbocycles. The summed E-state index contributed by atoms with van der Waals surface area (Å²) in [5, 5.41) is 0.476. The van der Waals surface area contributed by atoms with Crippen LogP contribution in [0.2, 0.25) is 0 Å². The van der Waals surface area contributed by atoms with E-state index in [1.165, 1.54) is 23.4 Å². The molecule has 0 saturated heterocycles. The van der Waals surface area contributed by atoms with Crippen LogP contribution >= 0.6 is 11.8 Å². The van der Waals surface area contributed by atoms with Crippen molar-refractivity contribution >= 4 is 11.8 Å². The molecule has 16 heavy (non-hydrogen) atoms. The quantitative estimate of drug-likeness (QED) is 0.747. The molecule has 0 bridgehead atoms. The number of nitrogens with zero attached hydrogens (tertiary/aromatic N) is 1. The molecular formula is C13H12FNS. The van der Waals surface area contributed by atoms with E-state index < -0.39 is 0 Å². The maximum atomic E-state index is 13.4. The predicted octanol–water partition coefficient (Wildman–Crippen LogP) is 3.82. The summed E-state index contributed by atoms with van der Waals surface area (Å²) in [7, 11) is 0. The molecule has 1 nitrogen and oxygen atoms in total. The van der Waals surface area contributed by atoms with Crippen LogP contribution in [0.3, 0.4) is 0 Å². The molecule has 0 amide bonds. The van der Waals surface area contributed by atoms with Crippen molar-refractivity contribution < 1.29 is 4.39 Å². The Morgan fingerprint density at radius 3 is 2.62 bits per heavy atom. The van der Waals surface area contributed by atoms with E-state index >= 15 is 0 Å². The zero-order valence-electron chi connectivity index (χ0n) is 8.98. The fraction of sp³-hybridized carbons (Fsp3) is 0.154. The summed E-state index contributed by atoms with van der Waals surface area (Å²) in [6, 6.07) is 13.1. The summed E-state index contributed by atoms with van der Waals surface area (Å²) in [4.78, 5) is 4.18. The van der Waals surface area contributed by atoms with Crippen LogP contribution in [-0.4, -0.2) is 4.98 Å². The highest BCUT2D eigenvalue weighted by Crippen LogP contribution is 2.23. The Labute approximate surface area is 98.7 Å². The van der Waals surface area contributed by atoms with Gasteiger partial charge in [0.1, 0.15) is 5.03 Å². The Hall–Kier alpha value is -1.35. The first-order chi connectivity index (χ1) is 7.75. The molecule has 0 aliphatic carbocycles. The summed E-state index contributed by atoms with van der Waals surface area (Å²) in [5.74, 6) is 0.500. The number of pyridine rings is 1. The monoisotopic (exact) mass is 233 g/mol. The molecule has 2 aromatic rings. The van der Waals surface area contributed by atoms with Gasteiger partial charge in [0.25, 0.3) is 0 Å². The molecular weight excluding hydrogens is 221 g/mol. The Bertz CT molecular complexity index is 471. The third-order valence-corrected chi connectivity index (χ3v) is 3.21. The summed E-state index contributed by atoms with van der Waals surface area (Å²) in [6.45, 7) is 1.87. The first kappa shape index (κ1) is 11.1. The Morgan fingerprint density at radius 2 is 1.88 bits per heavy atom. The van der Waals surface area contributed by atoms with Gasteiger partial charge in [0.15, 0.2) is 5.82 Å². The largest absolute Gasteiger partial charge is 0.244 e. The van der Waals surface area contributed by atoms with Crippen molar-refractivity contribution in [3.63, 3.8) is 0 Å². The van der Waals surface area contributed by atoms with Gasteiger partial charge in [-0.1, -0.05) is 42.1 Å². The normalized spacial score (nSPS) is 10.4. The van der Waals surface area contributed by atoms with Crippen LogP contribution in [0.4, 0.5) is 4.39 Å². The van der Waals surface area contributed by atoms with E-state index in [4.69, 9.17) is 0 Å². The molecule has 0 atom stereocenters. The minimum atomic E-state index is -0.244. The van der Waals surface area contributed by atoms with Crippen molar-refractivity contribution in [1.82, 2.24) is 4.98 Å². The van der Waals surface area contributed by atoms with E-state index in [-0.39, 0.29) is 5.82 Å². The van der Waals surface area contributed by atoms with Crippen molar-refractivity contribution in [2.45, 2.75) is 17.7 Å². The summed E-state index contributed by atoms with van der Waals surface area (Å²) >= 11 is 1.43. The fourth-order valence-electron chi connectivity index (χ4n) is 1.34. The minimum absolute atomic E-state index is 0.244. The van der Waals surface area contributed by atoms with E-state index in [1.54, 1.807) is 6.07 Å².